The van der Waals surface area contributed by atoms with Crippen LogP contribution in [0.25, 0.3) is 0 Å². The molecule has 112 valence electrons. The summed E-state index contributed by atoms with van der Waals surface area (Å²) in [7, 11) is 1.74. The monoisotopic (exact) mass is 284 g/mol. The third-order valence-electron chi connectivity index (χ3n) is 3.73. The Morgan fingerprint density at radius 3 is 2.35 bits per heavy atom. The van der Waals surface area contributed by atoms with Gasteiger partial charge < -0.3 is 15.4 Å². The quantitative estimate of drug-likeness (QED) is 0.923. The summed E-state index contributed by atoms with van der Waals surface area (Å²) in [6, 6.07) is 2.77. The molecule has 0 aliphatic carbocycles. The van der Waals surface area contributed by atoms with Crippen molar-refractivity contribution in [3.63, 3.8) is 0 Å². The van der Waals surface area contributed by atoms with Crippen LogP contribution in [-0.4, -0.2) is 32.3 Å². The van der Waals surface area contributed by atoms with E-state index in [2.05, 4.69) is 0 Å². The largest absolute Gasteiger partial charge is 0.381 e. The molecule has 20 heavy (non-hydrogen) atoms. The maximum atomic E-state index is 14.2. The average Bonchev–Trinajstić information content (AvgIpc) is 2.38. The van der Waals surface area contributed by atoms with Crippen LogP contribution in [0.5, 0.6) is 0 Å². The number of hydrogen-bond acceptors (Lipinski definition) is 3. The summed E-state index contributed by atoms with van der Waals surface area (Å²) < 4.78 is 33.7. The summed E-state index contributed by atoms with van der Waals surface area (Å²) in [6.45, 7) is 3.10. The molecule has 0 amide bonds. The molecule has 1 unspecified atom stereocenters. The lowest BCUT2D eigenvalue weighted by atomic mass is 10.0. The number of halogens is 2. The Morgan fingerprint density at radius 2 is 1.85 bits per heavy atom. The maximum absolute atomic E-state index is 14.2. The van der Waals surface area contributed by atoms with Crippen molar-refractivity contribution in [3.8, 4) is 0 Å². The molecule has 3 nitrogen and oxygen atoms in total. The van der Waals surface area contributed by atoms with Gasteiger partial charge in [-0.25, -0.2) is 8.78 Å². The molecule has 1 aromatic carbocycles. The van der Waals surface area contributed by atoms with Gasteiger partial charge >= 0.3 is 0 Å². The Kier molecular flexibility index (Phi) is 4.94. The zero-order valence-electron chi connectivity index (χ0n) is 12.0. The molecule has 2 N–H and O–H groups in total. The molecule has 1 fully saturated rings. The lowest BCUT2D eigenvalue weighted by molar-refractivity contribution is 0.0852. The van der Waals surface area contributed by atoms with Gasteiger partial charge in [0.1, 0.15) is 17.3 Å². The fourth-order valence-electron chi connectivity index (χ4n) is 2.70. The number of nitrogens with zero attached hydrogens (tertiary/aromatic N) is 1. The molecule has 2 rings (SSSR count). The summed E-state index contributed by atoms with van der Waals surface area (Å²) >= 11 is 0. The Labute approximate surface area is 118 Å². The topological polar surface area (TPSA) is 38.5 Å². The predicted octanol–water partition coefficient (Wildman–Crippen LogP) is 2.47. The van der Waals surface area contributed by atoms with E-state index in [9.17, 15) is 8.78 Å². The van der Waals surface area contributed by atoms with E-state index in [4.69, 9.17) is 10.5 Å². The first-order valence-corrected chi connectivity index (χ1v) is 7.03. The van der Waals surface area contributed by atoms with Gasteiger partial charge in [0.15, 0.2) is 0 Å². The summed E-state index contributed by atoms with van der Waals surface area (Å²) in [6.07, 6.45) is 2.04. The fraction of sp³-hybridized carbons (Fsp3) is 0.600. The van der Waals surface area contributed by atoms with E-state index in [0.29, 0.717) is 25.2 Å². The molecular formula is C15H22F2N2O. The Hall–Kier alpha value is -1.20. The minimum Gasteiger partial charge on any atom is -0.381 e. The first-order valence-electron chi connectivity index (χ1n) is 7.03. The van der Waals surface area contributed by atoms with Gasteiger partial charge in [0, 0.05) is 32.3 Å². The van der Waals surface area contributed by atoms with Crippen molar-refractivity contribution >= 4 is 5.69 Å². The second-order valence-corrected chi connectivity index (χ2v) is 5.54. The highest BCUT2D eigenvalue weighted by Gasteiger charge is 2.24. The van der Waals surface area contributed by atoms with E-state index in [1.165, 1.54) is 12.1 Å². The van der Waals surface area contributed by atoms with Gasteiger partial charge in [-0.2, -0.15) is 0 Å². The number of nitrogens with two attached hydrogens (primary N) is 1. The van der Waals surface area contributed by atoms with Crippen molar-refractivity contribution < 1.29 is 13.5 Å². The molecule has 1 saturated heterocycles. The number of rotatable bonds is 4. The highest BCUT2D eigenvalue weighted by Crippen LogP contribution is 2.28. The molecule has 0 saturated carbocycles. The van der Waals surface area contributed by atoms with Crippen molar-refractivity contribution in [2.45, 2.75) is 38.3 Å². The van der Waals surface area contributed by atoms with E-state index in [1.807, 2.05) is 6.92 Å². The van der Waals surface area contributed by atoms with Gasteiger partial charge in [-0.05, 0) is 43.9 Å². The summed E-state index contributed by atoms with van der Waals surface area (Å²) in [5.41, 5.74) is 6.31. The van der Waals surface area contributed by atoms with Crippen LogP contribution in [0.3, 0.4) is 0 Å². The van der Waals surface area contributed by atoms with Gasteiger partial charge in [0.25, 0.3) is 0 Å². The van der Waals surface area contributed by atoms with Gasteiger partial charge in [0.05, 0.1) is 0 Å². The van der Waals surface area contributed by atoms with Crippen LogP contribution in [0, 0.1) is 11.6 Å². The van der Waals surface area contributed by atoms with Crippen LogP contribution in [0.1, 0.15) is 25.3 Å². The normalized spacial score (nSPS) is 18.1. The number of benzene rings is 1. The van der Waals surface area contributed by atoms with E-state index in [1.54, 1.807) is 11.9 Å². The molecule has 1 aliphatic rings. The highest BCUT2D eigenvalue weighted by molar-refractivity contribution is 5.51. The third kappa shape index (κ3) is 3.46. The number of hydrogen-bond donors (Lipinski definition) is 1. The molecule has 1 atom stereocenters. The molecule has 0 radical (unpaired) electrons. The average molecular weight is 284 g/mol. The van der Waals surface area contributed by atoms with Gasteiger partial charge in [-0.1, -0.05) is 0 Å². The number of anilines is 1. The molecule has 0 aromatic heterocycles. The zero-order chi connectivity index (χ0) is 14.7. The minimum absolute atomic E-state index is 0.0466. The van der Waals surface area contributed by atoms with Crippen LogP contribution in [0.15, 0.2) is 12.1 Å². The van der Waals surface area contributed by atoms with Gasteiger partial charge in [0.2, 0.25) is 0 Å². The first kappa shape index (κ1) is 15.2. The molecule has 0 spiro atoms. The molecule has 1 heterocycles. The second kappa shape index (κ2) is 6.50. The maximum Gasteiger partial charge on any atom is 0.149 e. The Balaban J connectivity index is 2.22. The van der Waals surface area contributed by atoms with Crippen LogP contribution >= 0.6 is 0 Å². The van der Waals surface area contributed by atoms with Crippen molar-refractivity contribution in [3.05, 3.63) is 29.3 Å². The molecular weight excluding hydrogens is 262 g/mol. The lowest BCUT2D eigenvalue weighted by Crippen LogP contribution is -2.37. The summed E-state index contributed by atoms with van der Waals surface area (Å²) in [4.78, 5) is 1.70. The SMILES string of the molecule is CC(N)Cc1cc(F)c(N(C)C2CCOCC2)c(F)c1. The molecule has 0 bridgehead atoms. The smallest absolute Gasteiger partial charge is 0.149 e. The van der Waals surface area contributed by atoms with Crippen LogP contribution in [0.2, 0.25) is 0 Å². The molecule has 5 heteroatoms. The third-order valence-corrected chi connectivity index (χ3v) is 3.73. The van der Waals surface area contributed by atoms with Crippen LogP contribution < -0.4 is 10.6 Å². The fourth-order valence-corrected chi connectivity index (χ4v) is 2.70. The van der Waals surface area contributed by atoms with E-state index in [0.717, 1.165) is 12.8 Å². The molecule has 1 aliphatic heterocycles. The molecule has 1 aromatic rings. The predicted molar refractivity (Wildman–Crippen MR) is 76.0 cm³/mol. The summed E-state index contributed by atoms with van der Waals surface area (Å²) in [5, 5.41) is 0. The number of ether oxygens (including phenoxy) is 1. The zero-order valence-corrected chi connectivity index (χ0v) is 12.0. The Morgan fingerprint density at radius 1 is 1.30 bits per heavy atom. The van der Waals surface area contributed by atoms with Crippen molar-refractivity contribution in [2.24, 2.45) is 5.73 Å². The first-order chi connectivity index (χ1) is 9.49. The van der Waals surface area contributed by atoms with Crippen molar-refractivity contribution in [1.82, 2.24) is 0 Å². The van der Waals surface area contributed by atoms with Gasteiger partial charge in [-0.3, -0.25) is 0 Å². The van der Waals surface area contributed by atoms with E-state index in [-0.39, 0.29) is 17.8 Å². The Bertz CT molecular complexity index is 436. The van der Waals surface area contributed by atoms with Crippen LogP contribution in [0.4, 0.5) is 14.5 Å². The standard InChI is InChI=1S/C15H22F2N2O/c1-10(18)7-11-8-13(16)15(14(17)9-11)19(2)12-3-5-20-6-4-12/h8-10,12H,3-7,18H2,1-2H3. The minimum atomic E-state index is -0.519. The van der Waals surface area contributed by atoms with E-state index < -0.39 is 11.6 Å². The lowest BCUT2D eigenvalue weighted by Gasteiger charge is -2.33. The van der Waals surface area contributed by atoms with E-state index >= 15 is 0 Å². The van der Waals surface area contributed by atoms with Crippen LogP contribution in [-0.2, 0) is 11.2 Å². The van der Waals surface area contributed by atoms with Crippen molar-refractivity contribution in [2.75, 3.05) is 25.2 Å². The second-order valence-electron chi connectivity index (χ2n) is 5.54. The summed E-state index contributed by atoms with van der Waals surface area (Å²) in [5.74, 6) is -1.04. The highest BCUT2D eigenvalue weighted by atomic mass is 19.1. The van der Waals surface area contributed by atoms with Crippen molar-refractivity contribution in [1.29, 1.82) is 0 Å². The van der Waals surface area contributed by atoms with Gasteiger partial charge in [-0.15, -0.1) is 0 Å².